The van der Waals surface area contributed by atoms with Crippen molar-refractivity contribution in [3.63, 3.8) is 0 Å². The van der Waals surface area contributed by atoms with Gasteiger partial charge in [-0.2, -0.15) is 5.10 Å². The summed E-state index contributed by atoms with van der Waals surface area (Å²) in [5.41, 5.74) is 4.32. The van der Waals surface area contributed by atoms with Crippen LogP contribution in [0.15, 0.2) is 47.6 Å². The molecular formula is C18H19FN2O3. The Morgan fingerprint density at radius 1 is 1.04 bits per heavy atom. The maximum atomic E-state index is 13.0. The third-order valence-electron chi connectivity index (χ3n) is 3.45. The lowest BCUT2D eigenvalue weighted by molar-refractivity contribution is 0.0954. The van der Waals surface area contributed by atoms with E-state index in [4.69, 9.17) is 9.47 Å². The standard InChI is InChI=1S/C18H19FN2O3/c1-4-15(12-5-8-14(19)9-6-12)20-21-18(22)13-7-10-16(23-2)17(11-13)24-3/h5-11H,4H2,1-3H3,(H,21,22)/b20-15+. The molecule has 2 aromatic rings. The van der Waals surface area contributed by atoms with E-state index in [2.05, 4.69) is 10.5 Å². The molecule has 0 aliphatic heterocycles. The fourth-order valence-electron chi connectivity index (χ4n) is 2.15. The maximum absolute atomic E-state index is 13.0. The number of carbonyl (C=O) groups is 1. The van der Waals surface area contributed by atoms with Crippen molar-refractivity contribution in [1.82, 2.24) is 5.43 Å². The van der Waals surface area contributed by atoms with Crippen LogP contribution in [-0.4, -0.2) is 25.8 Å². The molecule has 0 heterocycles. The van der Waals surface area contributed by atoms with E-state index in [0.29, 0.717) is 29.2 Å². The molecular weight excluding hydrogens is 311 g/mol. The Bertz CT molecular complexity index is 742. The van der Waals surface area contributed by atoms with Gasteiger partial charge in [0.05, 0.1) is 19.9 Å². The SMILES string of the molecule is CC/C(=N\NC(=O)c1ccc(OC)c(OC)c1)c1ccc(F)cc1. The van der Waals surface area contributed by atoms with Crippen LogP contribution < -0.4 is 14.9 Å². The van der Waals surface area contributed by atoms with Gasteiger partial charge in [0.25, 0.3) is 5.91 Å². The summed E-state index contributed by atoms with van der Waals surface area (Å²) < 4.78 is 23.3. The van der Waals surface area contributed by atoms with E-state index < -0.39 is 0 Å². The average Bonchev–Trinajstić information content (AvgIpc) is 2.62. The monoisotopic (exact) mass is 330 g/mol. The zero-order valence-corrected chi connectivity index (χ0v) is 13.8. The van der Waals surface area contributed by atoms with Gasteiger partial charge in [-0.15, -0.1) is 0 Å². The Kier molecular flexibility index (Phi) is 5.89. The minimum Gasteiger partial charge on any atom is -0.493 e. The summed E-state index contributed by atoms with van der Waals surface area (Å²) in [6.45, 7) is 1.91. The average molecular weight is 330 g/mol. The van der Waals surface area contributed by atoms with E-state index in [1.807, 2.05) is 6.92 Å². The fourth-order valence-corrected chi connectivity index (χ4v) is 2.15. The van der Waals surface area contributed by atoms with Crippen LogP contribution in [0.4, 0.5) is 4.39 Å². The molecule has 0 aliphatic carbocycles. The lowest BCUT2D eigenvalue weighted by Gasteiger charge is -2.09. The number of methoxy groups -OCH3 is 2. The van der Waals surface area contributed by atoms with E-state index in [1.54, 1.807) is 30.3 Å². The van der Waals surface area contributed by atoms with Crippen molar-refractivity contribution in [2.75, 3.05) is 14.2 Å². The lowest BCUT2D eigenvalue weighted by atomic mass is 10.1. The van der Waals surface area contributed by atoms with Crippen molar-refractivity contribution in [2.45, 2.75) is 13.3 Å². The summed E-state index contributed by atoms with van der Waals surface area (Å²) in [4.78, 5) is 12.2. The lowest BCUT2D eigenvalue weighted by Crippen LogP contribution is -2.20. The third kappa shape index (κ3) is 4.10. The number of ether oxygens (including phenoxy) is 2. The van der Waals surface area contributed by atoms with Gasteiger partial charge in [0, 0.05) is 5.56 Å². The molecule has 6 heteroatoms. The molecule has 0 saturated carbocycles. The molecule has 5 nitrogen and oxygen atoms in total. The van der Waals surface area contributed by atoms with Gasteiger partial charge in [0.15, 0.2) is 11.5 Å². The van der Waals surface area contributed by atoms with Crippen LogP contribution in [-0.2, 0) is 0 Å². The summed E-state index contributed by atoms with van der Waals surface area (Å²) >= 11 is 0. The van der Waals surface area contributed by atoms with E-state index >= 15 is 0 Å². The van der Waals surface area contributed by atoms with Crippen LogP contribution in [0, 0.1) is 5.82 Å². The van der Waals surface area contributed by atoms with Gasteiger partial charge in [0.2, 0.25) is 0 Å². The first-order chi connectivity index (χ1) is 11.6. The Hall–Kier alpha value is -2.89. The van der Waals surface area contributed by atoms with Crippen molar-refractivity contribution in [3.8, 4) is 11.5 Å². The molecule has 1 amide bonds. The van der Waals surface area contributed by atoms with Crippen molar-refractivity contribution in [3.05, 3.63) is 59.4 Å². The Morgan fingerprint density at radius 3 is 2.25 bits per heavy atom. The number of hydrazone groups is 1. The first kappa shape index (κ1) is 17.5. The van der Waals surface area contributed by atoms with Crippen LogP contribution in [0.25, 0.3) is 0 Å². The maximum Gasteiger partial charge on any atom is 0.271 e. The predicted molar refractivity (Wildman–Crippen MR) is 90.2 cm³/mol. The quantitative estimate of drug-likeness (QED) is 0.652. The molecule has 0 bridgehead atoms. The number of halogens is 1. The normalized spacial score (nSPS) is 11.1. The molecule has 126 valence electrons. The fraction of sp³-hybridized carbons (Fsp3) is 0.222. The number of rotatable bonds is 6. The summed E-state index contributed by atoms with van der Waals surface area (Å²) in [7, 11) is 3.03. The highest BCUT2D eigenvalue weighted by Crippen LogP contribution is 2.27. The van der Waals surface area contributed by atoms with Crippen LogP contribution in [0.2, 0.25) is 0 Å². The van der Waals surface area contributed by atoms with Gasteiger partial charge in [-0.3, -0.25) is 4.79 Å². The van der Waals surface area contributed by atoms with Crippen LogP contribution >= 0.6 is 0 Å². The number of amides is 1. The van der Waals surface area contributed by atoms with Crippen LogP contribution in [0.5, 0.6) is 11.5 Å². The van der Waals surface area contributed by atoms with Gasteiger partial charge in [-0.05, 0) is 42.3 Å². The van der Waals surface area contributed by atoms with E-state index in [9.17, 15) is 9.18 Å². The largest absolute Gasteiger partial charge is 0.493 e. The minimum atomic E-state index is -0.371. The predicted octanol–water partition coefficient (Wildman–Crippen LogP) is 3.39. The zero-order valence-electron chi connectivity index (χ0n) is 13.8. The molecule has 1 N–H and O–H groups in total. The van der Waals surface area contributed by atoms with Gasteiger partial charge in [0.1, 0.15) is 5.82 Å². The molecule has 2 rings (SSSR count). The number of nitrogens with one attached hydrogen (secondary N) is 1. The topological polar surface area (TPSA) is 59.9 Å². The minimum absolute atomic E-state index is 0.316. The second-order valence-electron chi connectivity index (χ2n) is 4.93. The van der Waals surface area contributed by atoms with Crippen LogP contribution in [0.3, 0.4) is 0 Å². The highest BCUT2D eigenvalue weighted by Gasteiger charge is 2.11. The molecule has 0 aromatic heterocycles. The highest BCUT2D eigenvalue weighted by atomic mass is 19.1. The molecule has 0 unspecified atom stereocenters. The number of hydrogen-bond donors (Lipinski definition) is 1. The summed E-state index contributed by atoms with van der Waals surface area (Å²) in [5.74, 6) is 0.314. The van der Waals surface area contributed by atoms with Crippen molar-refractivity contribution >= 4 is 11.6 Å². The van der Waals surface area contributed by atoms with Crippen molar-refractivity contribution < 1.29 is 18.7 Å². The number of benzene rings is 2. The van der Waals surface area contributed by atoms with E-state index in [-0.39, 0.29) is 11.7 Å². The Balaban J connectivity index is 2.17. The van der Waals surface area contributed by atoms with Gasteiger partial charge < -0.3 is 9.47 Å². The molecule has 0 fully saturated rings. The molecule has 0 aliphatic rings. The van der Waals surface area contributed by atoms with Crippen molar-refractivity contribution in [2.24, 2.45) is 5.10 Å². The molecule has 0 radical (unpaired) electrons. The second kappa shape index (κ2) is 8.10. The van der Waals surface area contributed by atoms with E-state index in [0.717, 1.165) is 5.56 Å². The summed E-state index contributed by atoms with van der Waals surface area (Å²) in [6.07, 6.45) is 0.595. The smallest absolute Gasteiger partial charge is 0.271 e. The van der Waals surface area contributed by atoms with Crippen molar-refractivity contribution in [1.29, 1.82) is 0 Å². The first-order valence-corrected chi connectivity index (χ1v) is 7.44. The Labute approximate surface area is 140 Å². The number of hydrogen-bond acceptors (Lipinski definition) is 4. The highest BCUT2D eigenvalue weighted by molar-refractivity contribution is 6.02. The molecule has 0 atom stereocenters. The molecule has 0 spiro atoms. The van der Waals surface area contributed by atoms with Gasteiger partial charge >= 0.3 is 0 Å². The van der Waals surface area contributed by atoms with Crippen LogP contribution in [0.1, 0.15) is 29.3 Å². The van der Waals surface area contributed by atoms with Gasteiger partial charge in [-0.25, -0.2) is 9.82 Å². The summed E-state index contributed by atoms with van der Waals surface area (Å²) in [6, 6.07) is 10.8. The number of carbonyl (C=O) groups excluding carboxylic acids is 1. The summed E-state index contributed by atoms with van der Waals surface area (Å²) in [5, 5.41) is 4.14. The van der Waals surface area contributed by atoms with E-state index in [1.165, 1.54) is 26.4 Å². The Morgan fingerprint density at radius 2 is 1.67 bits per heavy atom. The number of nitrogens with zero attached hydrogens (tertiary/aromatic N) is 1. The zero-order chi connectivity index (χ0) is 17.5. The molecule has 24 heavy (non-hydrogen) atoms. The second-order valence-corrected chi connectivity index (χ2v) is 4.93. The first-order valence-electron chi connectivity index (χ1n) is 7.44. The van der Waals surface area contributed by atoms with Gasteiger partial charge in [-0.1, -0.05) is 19.1 Å². The third-order valence-corrected chi connectivity index (χ3v) is 3.45. The molecule has 0 saturated heterocycles. The molecule has 2 aromatic carbocycles.